The second-order valence-electron chi connectivity index (χ2n) is 6.22. The van der Waals surface area contributed by atoms with E-state index < -0.39 is 0 Å². The molecule has 0 amide bonds. The van der Waals surface area contributed by atoms with Crippen molar-refractivity contribution in [1.29, 1.82) is 0 Å². The summed E-state index contributed by atoms with van der Waals surface area (Å²) in [4.78, 5) is 6.71. The summed E-state index contributed by atoms with van der Waals surface area (Å²) in [6.45, 7) is 2.72. The van der Waals surface area contributed by atoms with E-state index in [2.05, 4.69) is 23.5 Å². The predicted octanol–water partition coefficient (Wildman–Crippen LogP) is 3.93. The van der Waals surface area contributed by atoms with Gasteiger partial charge in [0.1, 0.15) is 5.75 Å². The highest BCUT2D eigenvalue weighted by atomic mass is 127. The van der Waals surface area contributed by atoms with E-state index in [0.717, 1.165) is 30.2 Å². The van der Waals surface area contributed by atoms with Crippen molar-refractivity contribution in [2.45, 2.75) is 19.5 Å². The molecule has 6 heteroatoms. The van der Waals surface area contributed by atoms with Crippen molar-refractivity contribution in [2.24, 2.45) is 4.99 Å². The maximum absolute atomic E-state index is 5.75. The molecule has 0 bridgehead atoms. The van der Waals surface area contributed by atoms with E-state index in [1.807, 2.05) is 55.4 Å². The predicted molar refractivity (Wildman–Crippen MR) is 122 cm³/mol. The summed E-state index contributed by atoms with van der Waals surface area (Å²) in [7, 11) is 5.69. The lowest BCUT2D eigenvalue weighted by Gasteiger charge is -2.18. The molecule has 0 aromatic heterocycles. The molecule has 0 heterocycles. The first kappa shape index (κ1) is 23.2. The van der Waals surface area contributed by atoms with Crippen LogP contribution in [0.3, 0.4) is 0 Å². The lowest BCUT2D eigenvalue weighted by atomic mass is 10.2. The Kier molecular flexibility index (Phi) is 11.5. The summed E-state index contributed by atoms with van der Waals surface area (Å²) in [6.07, 6.45) is 0.882. The third kappa shape index (κ3) is 9.10. The zero-order valence-corrected chi connectivity index (χ0v) is 18.7. The smallest absolute Gasteiger partial charge is 0.194 e. The lowest BCUT2D eigenvalue weighted by molar-refractivity contribution is 0.172. The van der Waals surface area contributed by atoms with Gasteiger partial charge in [-0.2, -0.15) is 0 Å². The summed E-state index contributed by atoms with van der Waals surface area (Å²) >= 11 is 0. The molecule has 0 unspecified atom stereocenters. The fraction of sp³-hybridized carbons (Fsp3) is 0.381. The molecule has 0 atom stereocenters. The van der Waals surface area contributed by atoms with Crippen LogP contribution in [0, 0.1) is 0 Å². The molecular weight excluding hydrogens is 453 g/mol. The first-order valence-corrected chi connectivity index (χ1v) is 8.89. The first-order valence-electron chi connectivity index (χ1n) is 8.89. The molecule has 0 fully saturated rings. The average Bonchev–Trinajstić information content (AvgIpc) is 2.66. The minimum atomic E-state index is 0. The van der Waals surface area contributed by atoms with Crippen molar-refractivity contribution >= 4 is 29.9 Å². The van der Waals surface area contributed by atoms with E-state index in [1.54, 1.807) is 7.11 Å². The number of hydrogen-bond acceptors (Lipinski definition) is 3. The van der Waals surface area contributed by atoms with Gasteiger partial charge in [0, 0.05) is 40.8 Å². The second kappa shape index (κ2) is 13.4. The van der Waals surface area contributed by atoms with Crippen LogP contribution in [-0.2, 0) is 17.8 Å². The number of rotatable bonds is 9. The number of nitrogens with one attached hydrogen (secondary N) is 1. The van der Waals surface area contributed by atoms with Gasteiger partial charge in [-0.3, -0.25) is 0 Å². The molecule has 0 saturated heterocycles. The quantitative estimate of drug-likeness (QED) is 0.254. The van der Waals surface area contributed by atoms with Crippen LogP contribution in [0.5, 0.6) is 5.75 Å². The van der Waals surface area contributed by atoms with Gasteiger partial charge in [0.2, 0.25) is 0 Å². The minimum absolute atomic E-state index is 0. The van der Waals surface area contributed by atoms with Gasteiger partial charge in [0.15, 0.2) is 5.96 Å². The van der Waals surface area contributed by atoms with Crippen LogP contribution in [0.15, 0.2) is 59.6 Å². The van der Waals surface area contributed by atoms with Gasteiger partial charge < -0.3 is 19.7 Å². The summed E-state index contributed by atoms with van der Waals surface area (Å²) in [5.41, 5.74) is 2.35. The molecule has 148 valence electrons. The Morgan fingerprint density at radius 3 is 2.44 bits per heavy atom. The van der Waals surface area contributed by atoms with Crippen LogP contribution in [0.25, 0.3) is 0 Å². The highest BCUT2D eigenvalue weighted by Gasteiger charge is 2.03. The summed E-state index contributed by atoms with van der Waals surface area (Å²) in [6, 6.07) is 18.4. The van der Waals surface area contributed by atoms with Crippen LogP contribution < -0.4 is 10.1 Å². The standard InChI is InChI=1S/C21H29N3O2.HI/c1-24(2)21(22-16-18-9-5-4-6-10-18)23-17-19-11-7-12-20(15-19)26-14-8-13-25-3;/h4-7,9-12,15H,8,13-14,16-17H2,1-3H3,(H,22,23);1H. The highest BCUT2D eigenvalue weighted by molar-refractivity contribution is 14.0. The number of guanidine groups is 1. The molecule has 0 spiro atoms. The maximum atomic E-state index is 5.75. The Labute approximate surface area is 179 Å². The van der Waals surface area contributed by atoms with Crippen LogP contribution in [-0.4, -0.2) is 45.3 Å². The molecule has 0 aliphatic rings. The maximum Gasteiger partial charge on any atom is 0.194 e. The van der Waals surface area contributed by atoms with E-state index in [9.17, 15) is 0 Å². The number of halogens is 1. The van der Waals surface area contributed by atoms with Gasteiger partial charge >= 0.3 is 0 Å². The molecule has 2 aromatic carbocycles. The van der Waals surface area contributed by atoms with Crippen molar-refractivity contribution in [1.82, 2.24) is 10.2 Å². The largest absolute Gasteiger partial charge is 0.493 e. The monoisotopic (exact) mass is 483 g/mol. The van der Waals surface area contributed by atoms with Crippen molar-refractivity contribution in [3.8, 4) is 5.75 Å². The molecule has 0 saturated carbocycles. The number of methoxy groups -OCH3 is 1. The van der Waals surface area contributed by atoms with Crippen molar-refractivity contribution < 1.29 is 9.47 Å². The third-order valence-corrected chi connectivity index (χ3v) is 3.79. The van der Waals surface area contributed by atoms with Gasteiger partial charge in [0.25, 0.3) is 0 Å². The Morgan fingerprint density at radius 2 is 1.74 bits per heavy atom. The lowest BCUT2D eigenvalue weighted by Crippen LogP contribution is -2.36. The molecule has 0 aliphatic carbocycles. The van der Waals surface area contributed by atoms with E-state index in [-0.39, 0.29) is 24.0 Å². The van der Waals surface area contributed by atoms with Gasteiger partial charge in [-0.05, 0) is 23.3 Å². The van der Waals surface area contributed by atoms with E-state index in [0.29, 0.717) is 19.8 Å². The molecule has 0 aliphatic heterocycles. The van der Waals surface area contributed by atoms with Crippen molar-refractivity contribution in [3.63, 3.8) is 0 Å². The van der Waals surface area contributed by atoms with Crippen LogP contribution in [0.1, 0.15) is 17.5 Å². The van der Waals surface area contributed by atoms with Gasteiger partial charge in [-0.15, -0.1) is 24.0 Å². The Morgan fingerprint density at radius 1 is 1.00 bits per heavy atom. The number of benzene rings is 2. The topological polar surface area (TPSA) is 46.1 Å². The fourth-order valence-corrected chi connectivity index (χ4v) is 2.43. The number of ether oxygens (including phenoxy) is 2. The van der Waals surface area contributed by atoms with Gasteiger partial charge in [-0.1, -0.05) is 42.5 Å². The third-order valence-electron chi connectivity index (χ3n) is 3.79. The molecule has 2 rings (SSSR count). The molecule has 5 nitrogen and oxygen atoms in total. The second-order valence-corrected chi connectivity index (χ2v) is 6.22. The molecule has 27 heavy (non-hydrogen) atoms. The summed E-state index contributed by atoms with van der Waals surface area (Å²) < 4.78 is 10.8. The average molecular weight is 483 g/mol. The SMILES string of the molecule is COCCCOc1cccc(CN=C(NCc2ccccc2)N(C)C)c1.I. The molecule has 2 aromatic rings. The number of hydrogen-bond donors (Lipinski definition) is 1. The summed E-state index contributed by atoms with van der Waals surface area (Å²) in [5, 5.41) is 3.40. The van der Waals surface area contributed by atoms with E-state index in [1.165, 1.54) is 5.56 Å². The Bertz CT molecular complexity index is 678. The Balaban J connectivity index is 0.00000364. The number of aliphatic imine (C=N–C) groups is 1. The van der Waals surface area contributed by atoms with Crippen LogP contribution >= 0.6 is 24.0 Å². The van der Waals surface area contributed by atoms with Crippen LogP contribution in [0.2, 0.25) is 0 Å². The fourth-order valence-electron chi connectivity index (χ4n) is 2.43. The Hall–Kier alpha value is -1.80. The molecule has 0 radical (unpaired) electrons. The van der Waals surface area contributed by atoms with Gasteiger partial charge in [0.05, 0.1) is 13.2 Å². The molecule has 1 N–H and O–H groups in total. The first-order chi connectivity index (χ1) is 12.7. The number of nitrogens with zero attached hydrogens (tertiary/aromatic N) is 2. The zero-order valence-electron chi connectivity index (χ0n) is 16.4. The van der Waals surface area contributed by atoms with Crippen molar-refractivity contribution in [2.75, 3.05) is 34.4 Å². The van der Waals surface area contributed by atoms with Gasteiger partial charge in [-0.25, -0.2) is 4.99 Å². The van der Waals surface area contributed by atoms with Crippen molar-refractivity contribution in [3.05, 3.63) is 65.7 Å². The van der Waals surface area contributed by atoms with E-state index >= 15 is 0 Å². The summed E-state index contributed by atoms with van der Waals surface area (Å²) in [5.74, 6) is 1.73. The molecular formula is C21H30IN3O2. The normalized spacial score (nSPS) is 10.9. The van der Waals surface area contributed by atoms with E-state index in [4.69, 9.17) is 14.5 Å². The zero-order chi connectivity index (χ0) is 18.6. The van der Waals surface area contributed by atoms with Crippen LogP contribution in [0.4, 0.5) is 0 Å². The highest BCUT2D eigenvalue weighted by Crippen LogP contribution is 2.14. The minimum Gasteiger partial charge on any atom is -0.493 e.